The van der Waals surface area contributed by atoms with Crippen LogP contribution >= 0.6 is 0 Å². The molecule has 0 aliphatic carbocycles. The molecule has 2 N–H and O–H groups in total. The van der Waals surface area contributed by atoms with Gasteiger partial charge in [-0.05, 0) is 19.8 Å². The molecule has 5 heteroatoms. The Bertz CT molecular complexity index is 429. The van der Waals surface area contributed by atoms with Gasteiger partial charge in [-0.3, -0.25) is 4.79 Å². The van der Waals surface area contributed by atoms with Crippen LogP contribution in [0.4, 0.5) is 0 Å². The van der Waals surface area contributed by atoms with Crippen LogP contribution in [0.5, 0.6) is 0 Å². The molecule has 0 radical (unpaired) electrons. The highest BCUT2D eigenvalue weighted by Gasteiger charge is 2.23. The van der Waals surface area contributed by atoms with Crippen molar-refractivity contribution in [3.8, 4) is 0 Å². The molecule has 0 fully saturated rings. The van der Waals surface area contributed by atoms with Crippen LogP contribution in [0.2, 0.25) is 0 Å². The number of aliphatic hydroxyl groups is 1. The Balaban J connectivity index is 2.53. The summed E-state index contributed by atoms with van der Waals surface area (Å²) in [6, 6.07) is 0. The standard InChI is InChI=1S/C15H27N3O2/c1-5-15(4,7-11-19)17-13(20)6-9-18-10-8-16-14(18)12(2)3/h8,10,12,19H,5-7,9,11H2,1-4H3,(H,17,20). The van der Waals surface area contributed by atoms with Crippen LogP contribution in [-0.4, -0.2) is 32.7 Å². The molecule has 0 saturated heterocycles. The molecule has 0 aromatic carbocycles. The predicted octanol–water partition coefficient (Wildman–Crippen LogP) is 2.06. The third-order valence-electron chi connectivity index (χ3n) is 3.73. The van der Waals surface area contributed by atoms with Gasteiger partial charge in [0.1, 0.15) is 5.82 Å². The van der Waals surface area contributed by atoms with E-state index in [1.807, 2.05) is 24.6 Å². The summed E-state index contributed by atoms with van der Waals surface area (Å²) in [6.07, 6.45) is 5.50. The van der Waals surface area contributed by atoms with Crippen LogP contribution in [0.3, 0.4) is 0 Å². The van der Waals surface area contributed by atoms with Gasteiger partial charge in [0.25, 0.3) is 0 Å². The molecule has 1 heterocycles. The summed E-state index contributed by atoms with van der Waals surface area (Å²) < 4.78 is 2.03. The number of aliphatic hydroxyl groups excluding tert-OH is 1. The van der Waals surface area contributed by atoms with Gasteiger partial charge in [-0.2, -0.15) is 0 Å². The maximum absolute atomic E-state index is 12.0. The summed E-state index contributed by atoms with van der Waals surface area (Å²) in [5.74, 6) is 1.38. The van der Waals surface area contributed by atoms with E-state index in [0.29, 0.717) is 25.3 Å². The average molecular weight is 281 g/mol. The summed E-state index contributed by atoms with van der Waals surface area (Å²) in [5.41, 5.74) is -0.318. The average Bonchev–Trinajstić information content (AvgIpc) is 2.85. The molecule has 0 bridgehead atoms. The maximum Gasteiger partial charge on any atom is 0.222 e. The number of aryl methyl sites for hydroxylation is 1. The van der Waals surface area contributed by atoms with E-state index in [-0.39, 0.29) is 18.1 Å². The largest absolute Gasteiger partial charge is 0.396 e. The van der Waals surface area contributed by atoms with Crippen LogP contribution in [-0.2, 0) is 11.3 Å². The molecular weight excluding hydrogens is 254 g/mol. The molecule has 1 amide bonds. The molecule has 1 atom stereocenters. The number of imidazole rings is 1. The number of amides is 1. The summed E-state index contributed by atoms with van der Waals surface area (Å²) in [5, 5.41) is 12.1. The minimum absolute atomic E-state index is 0.0196. The smallest absolute Gasteiger partial charge is 0.222 e. The Hall–Kier alpha value is -1.36. The minimum Gasteiger partial charge on any atom is -0.396 e. The van der Waals surface area contributed by atoms with Crippen molar-refractivity contribution in [2.45, 2.75) is 65.0 Å². The van der Waals surface area contributed by atoms with Gasteiger partial charge in [0, 0.05) is 43.4 Å². The van der Waals surface area contributed by atoms with Gasteiger partial charge >= 0.3 is 0 Å². The number of hydrogen-bond donors (Lipinski definition) is 2. The summed E-state index contributed by atoms with van der Waals surface area (Å²) in [6.45, 7) is 8.89. The summed E-state index contributed by atoms with van der Waals surface area (Å²) in [7, 11) is 0. The molecule has 0 spiro atoms. The second-order valence-electron chi connectivity index (χ2n) is 5.82. The van der Waals surface area contributed by atoms with Gasteiger partial charge in [0.05, 0.1) is 0 Å². The lowest BCUT2D eigenvalue weighted by atomic mass is 9.95. The van der Waals surface area contributed by atoms with E-state index in [1.165, 1.54) is 0 Å². The summed E-state index contributed by atoms with van der Waals surface area (Å²) in [4.78, 5) is 16.4. The van der Waals surface area contributed by atoms with Crippen LogP contribution in [0.1, 0.15) is 58.7 Å². The van der Waals surface area contributed by atoms with Crippen LogP contribution in [0.25, 0.3) is 0 Å². The first-order valence-corrected chi connectivity index (χ1v) is 7.34. The van der Waals surface area contributed by atoms with Crippen molar-refractivity contribution < 1.29 is 9.90 Å². The molecule has 1 unspecified atom stereocenters. The topological polar surface area (TPSA) is 67.2 Å². The first-order chi connectivity index (χ1) is 9.41. The fraction of sp³-hybridized carbons (Fsp3) is 0.733. The first-order valence-electron chi connectivity index (χ1n) is 7.34. The Kier molecular flexibility index (Phi) is 6.20. The fourth-order valence-electron chi connectivity index (χ4n) is 2.21. The Labute approximate surface area is 121 Å². The number of carbonyl (C=O) groups excluding carboxylic acids is 1. The van der Waals surface area contributed by atoms with Gasteiger partial charge in [-0.1, -0.05) is 20.8 Å². The summed E-state index contributed by atoms with van der Waals surface area (Å²) >= 11 is 0. The van der Waals surface area contributed by atoms with E-state index >= 15 is 0 Å². The van der Waals surface area contributed by atoms with Crippen molar-refractivity contribution in [3.05, 3.63) is 18.2 Å². The van der Waals surface area contributed by atoms with Gasteiger partial charge < -0.3 is 15.0 Å². The molecule has 5 nitrogen and oxygen atoms in total. The van der Waals surface area contributed by atoms with Crippen molar-refractivity contribution in [2.24, 2.45) is 0 Å². The minimum atomic E-state index is -0.318. The van der Waals surface area contributed by atoms with Crippen molar-refractivity contribution in [1.29, 1.82) is 0 Å². The second-order valence-corrected chi connectivity index (χ2v) is 5.82. The first kappa shape index (κ1) is 16.7. The fourth-order valence-corrected chi connectivity index (χ4v) is 2.21. The van der Waals surface area contributed by atoms with Gasteiger partial charge in [-0.25, -0.2) is 4.98 Å². The Morgan fingerprint density at radius 3 is 2.80 bits per heavy atom. The lowest BCUT2D eigenvalue weighted by Crippen LogP contribution is -2.46. The zero-order chi connectivity index (χ0) is 15.2. The zero-order valence-corrected chi connectivity index (χ0v) is 13.0. The van der Waals surface area contributed by atoms with Crippen molar-refractivity contribution in [2.75, 3.05) is 6.61 Å². The Morgan fingerprint density at radius 1 is 1.55 bits per heavy atom. The van der Waals surface area contributed by atoms with Crippen LogP contribution < -0.4 is 5.32 Å². The lowest BCUT2D eigenvalue weighted by Gasteiger charge is -2.29. The molecule has 20 heavy (non-hydrogen) atoms. The van der Waals surface area contributed by atoms with Crippen molar-refractivity contribution in [3.63, 3.8) is 0 Å². The molecule has 1 aromatic rings. The SMILES string of the molecule is CCC(C)(CCO)NC(=O)CCn1ccnc1C(C)C. The van der Waals surface area contributed by atoms with E-state index in [9.17, 15) is 4.79 Å². The predicted molar refractivity (Wildman–Crippen MR) is 79.5 cm³/mol. The molecule has 0 aliphatic rings. The number of aromatic nitrogens is 2. The van der Waals surface area contributed by atoms with E-state index in [4.69, 9.17) is 5.11 Å². The molecular formula is C15H27N3O2. The second kappa shape index (κ2) is 7.43. The molecule has 1 rings (SSSR count). The van der Waals surface area contributed by atoms with Gasteiger partial charge in [0.15, 0.2) is 0 Å². The highest BCUT2D eigenvalue weighted by atomic mass is 16.3. The van der Waals surface area contributed by atoms with Gasteiger partial charge in [0.2, 0.25) is 5.91 Å². The third-order valence-corrected chi connectivity index (χ3v) is 3.73. The number of carbonyl (C=O) groups is 1. The normalized spacial score (nSPS) is 14.3. The zero-order valence-electron chi connectivity index (χ0n) is 13.0. The van der Waals surface area contributed by atoms with Crippen LogP contribution in [0, 0.1) is 0 Å². The maximum atomic E-state index is 12.0. The van der Waals surface area contributed by atoms with Crippen molar-refractivity contribution in [1.82, 2.24) is 14.9 Å². The number of rotatable bonds is 8. The highest BCUT2D eigenvalue weighted by molar-refractivity contribution is 5.76. The quantitative estimate of drug-likeness (QED) is 0.766. The van der Waals surface area contributed by atoms with E-state index < -0.39 is 0 Å². The van der Waals surface area contributed by atoms with E-state index in [2.05, 4.69) is 24.1 Å². The van der Waals surface area contributed by atoms with Crippen LogP contribution in [0.15, 0.2) is 12.4 Å². The third kappa shape index (κ3) is 4.63. The van der Waals surface area contributed by atoms with E-state index in [0.717, 1.165) is 12.2 Å². The highest BCUT2D eigenvalue weighted by Crippen LogP contribution is 2.15. The molecule has 1 aromatic heterocycles. The molecule has 0 aliphatic heterocycles. The molecule has 0 saturated carbocycles. The molecule has 114 valence electrons. The Morgan fingerprint density at radius 2 is 2.25 bits per heavy atom. The van der Waals surface area contributed by atoms with Crippen molar-refractivity contribution >= 4 is 5.91 Å². The number of nitrogens with zero attached hydrogens (tertiary/aromatic N) is 2. The lowest BCUT2D eigenvalue weighted by molar-refractivity contribution is -0.123. The number of nitrogens with one attached hydrogen (secondary N) is 1. The monoisotopic (exact) mass is 281 g/mol. The number of hydrogen-bond acceptors (Lipinski definition) is 3. The van der Waals surface area contributed by atoms with E-state index in [1.54, 1.807) is 6.20 Å². The van der Waals surface area contributed by atoms with Gasteiger partial charge in [-0.15, -0.1) is 0 Å².